The maximum absolute atomic E-state index is 12.7. The molecule has 3 aromatic rings. The third-order valence-corrected chi connectivity index (χ3v) is 4.19. The predicted octanol–water partition coefficient (Wildman–Crippen LogP) is 5.50. The van der Waals surface area contributed by atoms with Crippen LogP contribution in [-0.4, -0.2) is 5.97 Å². The molecule has 0 aromatic heterocycles. The number of carbonyl (C=O) groups excluding carboxylic acids is 1. The Hall–Kier alpha value is -2.87. The van der Waals surface area contributed by atoms with E-state index in [1.165, 1.54) is 0 Å². The van der Waals surface area contributed by atoms with Crippen LogP contribution in [0.3, 0.4) is 0 Å². The average molecular weight is 316 g/mol. The maximum Gasteiger partial charge on any atom is 0.344 e. The van der Waals surface area contributed by atoms with Crippen LogP contribution in [0.25, 0.3) is 11.1 Å². The molecule has 2 heteroatoms. The minimum Gasteiger partial charge on any atom is -0.423 e. The van der Waals surface area contributed by atoms with Crippen LogP contribution in [0.1, 0.15) is 27.0 Å². The standard InChI is InChI=1S/C22H20O2/c1-15-14-16(2)21(22(23)24-19-12-8-5-9-13-19)17(3)20(15)18-10-6-4-7-11-18/h4-14H,1-3H3. The molecular weight excluding hydrogens is 296 g/mol. The van der Waals surface area contributed by atoms with Gasteiger partial charge in [-0.05, 0) is 60.7 Å². The highest BCUT2D eigenvalue weighted by molar-refractivity contribution is 5.97. The van der Waals surface area contributed by atoms with Gasteiger partial charge in [0.2, 0.25) is 0 Å². The zero-order valence-corrected chi connectivity index (χ0v) is 14.2. The van der Waals surface area contributed by atoms with Crippen molar-refractivity contribution < 1.29 is 9.53 Å². The first-order chi connectivity index (χ1) is 11.6. The van der Waals surface area contributed by atoms with Crippen LogP contribution in [0.15, 0.2) is 66.7 Å². The SMILES string of the molecule is Cc1cc(C)c(-c2ccccc2)c(C)c1C(=O)Oc1ccccc1. The number of hydrogen-bond donors (Lipinski definition) is 0. The molecule has 0 saturated heterocycles. The number of carbonyl (C=O) groups is 1. The van der Waals surface area contributed by atoms with Crippen molar-refractivity contribution >= 4 is 5.97 Å². The summed E-state index contributed by atoms with van der Waals surface area (Å²) < 4.78 is 5.55. The minimum absolute atomic E-state index is 0.312. The lowest BCUT2D eigenvalue weighted by molar-refractivity contribution is 0.0733. The lowest BCUT2D eigenvalue weighted by Gasteiger charge is -2.17. The summed E-state index contributed by atoms with van der Waals surface area (Å²) in [5.74, 6) is 0.247. The molecule has 0 aliphatic rings. The zero-order chi connectivity index (χ0) is 17.1. The van der Waals surface area contributed by atoms with E-state index in [0.29, 0.717) is 11.3 Å². The van der Waals surface area contributed by atoms with E-state index in [2.05, 4.69) is 25.1 Å². The fourth-order valence-corrected chi connectivity index (χ4v) is 3.20. The van der Waals surface area contributed by atoms with Gasteiger partial charge in [0.1, 0.15) is 5.75 Å². The minimum atomic E-state index is -0.312. The van der Waals surface area contributed by atoms with Gasteiger partial charge in [-0.15, -0.1) is 0 Å². The molecule has 120 valence electrons. The fourth-order valence-electron chi connectivity index (χ4n) is 3.20. The van der Waals surface area contributed by atoms with Crippen molar-refractivity contribution in [2.45, 2.75) is 20.8 Å². The number of para-hydroxylation sites is 1. The van der Waals surface area contributed by atoms with Crippen molar-refractivity contribution in [1.29, 1.82) is 0 Å². The van der Waals surface area contributed by atoms with Crippen molar-refractivity contribution in [3.63, 3.8) is 0 Å². The molecule has 0 aliphatic carbocycles. The van der Waals surface area contributed by atoms with Gasteiger partial charge in [0.15, 0.2) is 0 Å². The van der Waals surface area contributed by atoms with E-state index in [1.54, 1.807) is 12.1 Å². The molecule has 0 amide bonds. The van der Waals surface area contributed by atoms with Gasteiger partial charge in [-0.2, -0.15) is 0 Å². The summed E-state index contributed by atoms with van der Waals surface area (Å²) in [6.45, 7) is 6.02. The van der Waals surface area contributed by atoms with Crippen LogP contribution in [0.2, 0.25) is 0 Å². The van der Waals surface area contributed by atoms with Crippen molar-refractivity contribution in [2.24, 2.45) is 0 Å². The van der Waals surface area contributed by atoms with Gasteiger partial charge < -0.3 is 4.74 Å². The molecule has 0 aliphatic heterocycles. The second-order valence-corrected chi connectivity index (χ2v) is 5.95. The summed E-state index contributed by atoms with van der Waals surface area (Å²) in [5.41, 5.74) is 5.91. The van der Waals surface area contributed by atoms with E-state index in [-0.39, 0.29) is 5.97 Å². The molecule has 3 aromatic carbocycles. The second-order valence-electron chi connectivity index (χ2n) is 5.95. The van der Waals surface area contributed by atoms with Gasteiger partial charge in [0.25, 0.3) is 0 Å². The largest absolute Gasteiger partial charge is 0.423 e. The lowest BCUT2D eigenvalue weighted by Crippen LogP contribution is -2.13. The van der Waals surface area contributed by atoms with E-state index in [9.17, 15) is 4.79 Å². The van der Waals surface area contributed by atoms with Crippen LogP contribution < -0.4 is 4.74 Å². The molecule has 0 bridgehead atoms. The molecule has 0 radical (unpaired) electrons. The van der Waals surface area contributed by atoms with Gasteiger partial charge in [-0.3, -0.25) is 0 Å². The lowest BCUT2D eigenvalue weighted by atomic mass is 9.89. The average Bonchev–Trinajstić information content (AvgIpc) is 2.56. The van der Waals surface area contributed by atoms with Crippen LogP contribution in [0.5, 0.6) is 5.75 Å². The Bertz CT molecular complexity index is 865. The summed E-state index contributed by atoms with van der Waals surface area (Å²) in [6.07, 6.45) is 0. The summed E-state index contributed by atoms with van der Waals surface area (Å²) in [6, 6.07) is 21.4. The number of benzene rings is 3. The van der Waals surface area contributed by atoms with Crippen LogP contribution in [0, 0.1) is 20.8 Å². The highest BCUT2D eigenvalue weighted by Gasteiger charge is 2.19. The van der Waals surface area contributed by atoms with Crippen molar-refractivity contribution in [3.8, 4) is 16.9 Å². The number of hydrogen-bond acceptors (Lipinski definition) is 2. The molecule has 0 N–H and O–H groups in total. The van der Waals surface area contributed by atoms with Gasteiger partial charge in [0, 0.05) is 0 Å². The first kappa shape index (κ1) is 16.0. The third-order valence-electron chi connectivity index (χ3n) is 4.19. The van der Waals surface area contributed by atoms with Crippen molar-refractivity contribution in [2.75, 3.05) is 0 Å². The van der Waals surface area contributed by atoms with Crippen molar-refractivity contribution in [3.05, 3.63) is 89.0 Å². The third kappa shape index (κ3) is 3.09. The highest BCUT2D eigenvalue weighted by atomic mass is 16.5. The quantitative estimate of drug-likeness (QED) is 0.471. The maximum atomic E-state index is 12.7. The van der Waals surface area contributed by atoms with Gasteiger partial charge in [0.05, 0.1) is 5.56 Å². The van der Waals surface area contributed by atoms with Gasteiger partial charge in [-0.25, -0.2) is 4.79 Å². The number of aryl methyl sites for hydroxylation is 2. The molecule has 24 heavy (non-hydrogen) atoms. The van der Waals surface area contributed by atoms with Gasteiger partial charge >= 0.3 is 5.97 Å². The normalized spacial score (nSPS) is 10.5. The molecule has 0 atom stereocenters. The van der Waals surface area contributed by atoms with Crippen LogP contribution in [-0.2, 0) is 0 Å². The molecule has 2 nitrogen and oxygen atoms in total. The Labute approximate surface area is 142 Å². The Morgan fingerprint density at radius 2 is 1.38 bits per heavy atom. The first-order valence-corrected chi connectivity index (χ1v) is 8.01. The number of ether oxygens (including phenoxy) is 1. The summed E-state index contributed by atoms with van der Waals surface area (Å²) in [4.78, 5) is 12.7. The highest BCUT2D eigenvalue weighted by Crippen LogP contribution is 2.32. The topological polar surface area (TPSA) is 26.3 Å². The second kappa shape index (κ2) is 6.71. The summed E-state index contributed by atoms with van der Waals surface area (Å²) in [5, 5.41) is 0. The number of rotatable bonds is 3. The number of esters is 1. The molecular formula is C22H20O2. The molecule has 0 fully saturated rings. The smallest absolute Gasteiger partial charge is 0.344 e. The summed E-state index contributed by atoms with van der Waals surface area (Å²) in [7, 11) is 0. The Kier molecular flexibility index (Phi) is 4.48. The molecule has 0 heterocycles. The van der Waals surface area contributed by atoms with E-state index < -0.39 is 0 Å². The van der Waals surface area contributed by atoms with Crippen molar-refractivity contribution in [1.82, 2.24) is 0 Å². The van der Waals surface area contributed by atoms with Crippen LogP contribution >= 0.6 is 0 Å². The Morgan fingerprint density at radius 3 is 2.00 bits per heavy atom. The molecule has 3 rings (SSSR count). The van der Waals surface area contributed by atoms with E-state index in [0.717, 1.165) is 27.8 Å². The molecule has 0 unspecified atom stereocenters. The predicted molar refractivity (Wildman–Crippen MR) is 97.5 cm³/mol. The van der Waals surface area contributed by atoms with E-state index in [1.807, 2.05) is 50.2 Å². The Morgan fingerprint density at radius 1 is 0.792 bits per heavy atom. The van der Waals surface area contributed by atoms with Gasteiger partial charge in [-0.1, -0.05) is 54.6 Å². The van der Waals surface area contributed by atoms with Crippen LogP contribution in [0.4, 0.5) is 0 Å². The monoisotopic (exact) mass is 316 g/mol. The molecule has 0 saturated carbocycles. The summed E-state index contributed by atoms with van der Waals surface area (Å²) >= 11 is 0. The Balaban J connectivity index is 2.07. The van der Waals surface area contributed by atoms with E-state index in [4.69, 9.17) is 4.74 Å². The first-order valence-electron chi connectivity index (χ1n) is 8.01. The zero-order valence-electron chi connectivity index (χ0n) is 14.2. The van der Waals surface area contributed by atoms with E-state index >= 15 is 0 Å². The molecule has 0 spiro atoms. The fraction of sp³-hybridized carbons (Fsp3) is 0.136.